The Bertz CT molecular complexity index is 600. The molecule has 20 heavy (non-hydrogen) atoms. The summed E-state index contributed by atoms with van der Waals surface area (Å²) >= 11 is 4.78. The number of nitrogens with zero attached hydrogens (tertiary/aromatic N) is 1. The smallest absolute Gasteiger partial charge is 0.389 e. The normalized spacial score (nSPS) is 12.7. The van der Waals surface area contributed by atoms with Gasteiger partial charge in [-0.1, -0.05) is 36.5 Å². The Morgan fingerprint density at radius 1 is 1.35 bits per heavy atom. The van der Waals surface area contributed by atoms with E-state index >= 15 is 0 Å². The first-order chi connectivity index (χ1) is 9.03. The number of hydrogen-bond acceptors (Lipinski definition) is 3. The van der Waals surface area contributed by atoms with Gasteiger partial charge in [0.1, 0.15) is 11.5 Å². The summed E-state index contributed by atoms with van der Waals surface area (Å²) in [6, 6.07) is 6.17. The molecule has 9 heteroatoms. The molecule has 0 aliphatic rings. The molecule has 0 aliphatic carbocycles. The molecule has 0 heterocycles. The van der Waals surface area contributed by atoms with Crippen molar-refractivity contribution in [2.75, 3.05) is 13.6 Å². The number of nitrogens with two attached hydrogens (primary N) is 1. The molecule has 0 aromatic heterocycles. The molecule has 112 valence electrons. The van der Waals surface area contributed by atoms with E-state index in [-0.39, 0.29) is 14.9 Å². The molecule has 0 amide bonds. The van der Waals surface area contributed by atoms with E-state index in [1.54, 1.807) is 12.1 Å². The zero-order valence-electron chi connectivity index (χ0n) is 10.5. The first-order valence-electron chi connectivity index (χ1n) is 5.41. The molecule has 0 bridgehead atoms. The lowest BCUT2D eigenvalue weighted by Gasteiger charge is -2.19. The first kappa shape index (κ1) is 16.9. The first-order valence-corrected chi connectivity index (χ1v) is 7.43. The molecular formula is C11H13F3N2O2S2. The van der Waals surface area contributed by atoms with Crippen molar-refractivity contribution in [1.29, 1.82) is 0 Å². The molecular weight excluding hydrogens is 313 g/mol. The lowest BCUT2D eigenvalue weighted by atomic mass is 10.1. The lowest BCUT2D eigenvalue weighted by Crippen LogP contribution is -2.36. The molecule has 1 aromatic carbocycles. The lowest BCUT2D eigenvalue weighted by molar-refractivity contribution is -0.134. The van der Waals surface area contributed by atoms with Crippen molar-refractivity contribution in [2.45, 2.75) is 11.9 Å². The maximum absolute atomic E-state index is 12.2. The van der Waals surface area contributed by atoms with Gasteiger partial charge in [0.15, 0.2) is 0 Å². The number of sulfonamides is 1. The van der Waals surface area contributed by atoms with Crippen LogP contribution in [0.25, 0.3) is 0 Å². The SMILES string of the molecule is CN(CC(F)(F)F)S(=O)(=O)Cc1ccccc1C(N)=S. The van der Waals surface area contributed by atoms with Crippen molar-refractivity contribution in [3.8, 4) is 0 Å². The van der Waals surface area contributed by atoms with Gasteiger partial charge in [-0.05, 0) is 5.56 Å². The van der Waals surface area contributed by atoms with Crippen LogP contribution >= 0.6 is 12.2 Å². The maximum Gasteiger partial charge on any atom is 0.402 e. The minimum absolute atomic E-state index is 0.00530. The van der Waals surface area contributed by atoms with Crippen LogP contribution in [0.5, 0.6) is 0 Å². The van der Waals surface area contributed by atoms with E-state index < -0.39 is 28.5 Å². The van der Waals surface area contributed by atoms with Gasteiger partial charge >= 0.3 is 6.18 Å². The average molecular weight is 326 g/mol. The predicted octanol–water partition coefficient (Wildman–Crippen LogP) is 1.64. The minimum atomic E-state index is -4.59. The quantitative estimate of drug-likeness (QED) is 0.836. The van der Waals surface area contributed by atoms with Crippen LogP contribution in [0.1, 0.15) is 11.1 Å². The van der Waals surface area contributed by atoms with Crippen molar-refractivity contribution in [3.05, 3.63) is 35.4 Å². The van der Waals surface area contributed by atoms with Gasteiger partial charge in [-0.15, -0.1) is 0 Å². The molecule has 0 radical (unpaired) electrons. The van der Waals surface area contributed by atoms with Gasteiger partial charge in [0, 0.05) is 12.6 Å². The third-order valence-electron chi connectivity index (χ3n) is 2.50. The van der Waals surface area contributed by atoms with Gasteiger partial charge in [-0.25, -0.2) is 8.42 Å². The molecule has 0 fully saturated rings. The van der Waals surface area contributed by atoms with Crippen LogP contribution < -0.4 is 5.73 Å². The van der Waals surface area contributed by atoms with Crippen molar-refractivity contribution in [1.82, 2.24) is 4.31 Å². The molecule has 0 unspecified atom stereocenters. The highest BCUT2D eigenvalue weighted by Crippen LogP contribution is 2.20. The van der Waals surface area contributed by atoms with Crippen LogP contribution in [0, 0.1) is 0 Å². The number of hydrogen-bond donors (Lipinski definition) is 1. The van der Waals surface area contributed by atoms with E-state index in [4.69, 9.17) is 18.0 Å². The van der Waals surface area contributed by atoms with Crippen molar-refractivity contribution in [3.63, 3.8) is 0 Å². The fraction of sp³-hybridized carbons (Fsp3) is 0.364. The molecule has 0 saturated heterocycles. The zero-order chi connectivity index (χ0) is 15.6. The molecule has 0 saturated carbocycles. The maximum atomic E-state index is 12.2. The van der Waals surface area contributed by atoms with Gasteiger partial charge in [0.25, 0.3) is 0 Å². The fourth-order valence-corrected chi connectivity index (χ4v) is 2.95. The Morgan fingerprint density at radius 3 is 2.40 bits per heavy atom. The van der Waals surface area contributed by atoms with Gasteiger partial charge in [-0.2, -0.15) is 17.5 Å². The Kier molecular flexibility index (Phi) is 5.11. The molecule has 2 N–H and O–H groups in total. The number of halogens is 3. The topological polar surface area (TPSA) is 63.4 Å². The molecule has 4 nitrogen and oxygen atoms in total. The fourth-order valence-electron chi connectivity index (χ4n) is 1.54. The third-order valence-corrected chi connectivity index (χ3v) is 4.47. The molecule has 0 aliphatic heterocycles. The summed E-state index contributed by atoms with van der Waals surface area (Å²) in [4.78, 5) is -0.00530. The van der Waals surface area contributed by atoms with E-state index in [1.807, 2.05) is 0 Å². The highest BCUT2D eigenvalue weighted by Gasteiger charge is 2.34. The van der Waals surface area contributed by atoms with Crippen molar-refractivity contribution in [2.24, 2.45) is 5.73 Å². The summed E-state index contributed by atoms with van der Waals surface area (Å²) in [6.07, 6.45) is -4.59. The number of rotatable bonds is 5. The molecule has 0 atom stereocenters. The number of alkyl halides is 3. The van der Waals surface area contributed by atoms with E-state index in [0.717, 1.165) is 7.05 Å². The zero-order valence-corrected chi connectivity index (χ0v) is 12.1. The summed E-state index contributed by atoms with van der Waals surface area (Å²) in [5, 5.41) is 0. The van der Waals surface area contributed by atoms with E-state index in [1.165, 1.54) is 12.1 Å². The van der Waals surface area contributed by atoms with Crippen LogP contribution in [0.3, 0.4) is 0 Å². The van der Waals surface area contributed by atoms with Crippen LogP contribution in [-0.2, 0) is 15.8 Å². The highest BCUT2D eigenvalue weighted by molar-refractivity contribution is 7.88. The summed E-state index contributed by atoms with van der Waals surface area (Å²) in [5.74, 6) is -0.590. The van der Waals surface area contributed by atoms with Gasteiger partial charge in [-0.3, -0.25) is 0 Å². The predicted molar refractivity (Wildman–Crippen MR) is 73.6 cm³/mol. The van der Waals surface area contributed by atoms with Crippen molar-refractivity contribution < 1.29 is 21.6 Å². The Labute approximate surface area is 120 Å². The second-order valence-corrected chi connectivity index (χ2v) is 6.66. The Balaban J connectivity index is 3.00. The molecule has 0 spiro atoms. The standard InChI is InChI=1S/C11H13F3N2O2S2/c1-16(7-11(12,13)14)20(17,18)6-8-4-2-3-5-9(8)10(15)19/h2-5H,6-7H2,1H3,(H2,15,19). The number of benzene rings is 1. The second-order valence-electron chi connectivity index (χ2n) is 4.15. The van der Waals surface area contributed by atoms with E-state index in [0.29, 0.717) is 5.56 Å². The third kappa shape index (κ3) is 4.73. The summed E-state index contributed by atoms with van der Waals surface area (Å²) in [6.45, 7) is -1.54. The second kappa shape index (κ2) is 6.06. The van der Waals surface area contributed by atoms with Crippen LogP contribution in [-0.4, -0.2) is 37.5 Å². The van der Waals surface area contributed by atoms with Crippen molar-refractivity contribution >= 4 is 27.2 Å². The van der Waals surface area contributed by atoms with Crippen LogP contribution in [0.4, 0.5) is 13.2 Å². The number of thiocarbonyl (C=S) groups is 1. The largest absolute Gasteiger partial charge is 0.402 e. The summed E-state index contributed by atoms with van der Waals surface area (Å²) < 4.78 is 60.8. The van der Waals surface area contributed by atoms with Gasteiger partial charge in [0.05, 0.1) is 5.75 Å². The van der Waals surface area contributed by atoms with Gasteiger partial charge < -0.3 is 5.73 Å². The van der Waals surface area contributed by atoms with Crippen LogP contribution in [0.15, 0.2) is 24.3 Å². The van der Waals surface area contributed by atoms with Crippen LogP contribution in [0.2, 0.25) is 0 Å². The van der Waals surface area contributed by atoms with E-state index in [9.17, 15) is 21.6 Å². The van der Waals surface area contributed by atoms with Gasteiger partial charge in [0.2, 0.25) is 10.0 Å². The monoisotopic (exact) mass is 326 g/mol. The average Bonchev–Trinajstić information content (AvgIpc) is 2.26. The minimum Gasteiger partial charge on any atom is -0.389 e. The molecule has 1 rings (SSSR count). The summed E-state index contributed by atoms with van der Waals surface area (Å²) in [7, 11) is -3.22. The summed E-state index contributed by atoms with van der Waals surface area (Å²) in [5.41, 5.74) is 6.07. The Morgan fingerprint density at radius 2 is 1.90 bits per heavy atom. The molecule has 1 aromatic rings. The Hall–Kier alpha value is -1.19. The van der Waals surface area contributed by atoms with E-state index in [2.05, 4.69) is 0 Å². The highest BCUT2D eigenvalue weighted by atomic mass is 32.2.